The minimum atomic E-state index is 0.799. The summed E-state index contributed by atoms with van der Waals surface area (Å²) in [5.74, 6) is 2.67. The molecule has 2 nitrogen and oxygen atoms in total. The Morgan fingerprint density at radius 3 is 3.00 bits per heavy atom. The lowest BCUT2D eigenvalue weighted by Gasteiger charge is -2.10. The summed E-state index contributed by atoms with van der Waals surface area (Å²) in [6.45, 7) is 2.11. The van der Waals surface area contributed by atoms with Crippen LogP contribution in [0.25, 0.3) is 0 Å². The van der Waals surface area contributed by atoms with Gasteiger partial charge in [-0.1, -0.05) is 0 Å². The summed E-state index contributed by atoms with van der Waals surface area (Å²) < 4.78 is 5.00. The monoisotopic (exact) mass is 203 g/mol. The zero-order valence-corrected chi connectivity index (χ0v) is 9.37. The molecule has 1 rings (SSSR count). The van der Waals surface area contributed by atoms with Crippen molar-refractivity contribution in [2.45, 2.75) is 31.7 Å². The van der Waals surface area contributed by atoms with E-state index in [0.29, 0.717) is 0 Å². The fourth-order valence-corrected chi connectivity index (χ4v) is 2.74. The summed E-state index contributed by atoms with van der Waals surface area (Å²) in [4.78, 5) is 0. The largest absolute Gasteiger partial charge is 0.385 e. The van der Waals surface area contributed by atoms with Crippen LogP contribution in [0.4, 0.5) is 0 Å². The van der Waals surface area contributed by atoms with Crippen LogP contribution in [0, 0.1) is 0 Å². The van der Waals surface area contributed by atoms with Gasteiger partial charge in [-0.3, -0.25) is 0 Å². The maximum absolute atomic E-state index is 5.00. The van der Waals surface area contributed by atoms with Crippen LogP contribution in [-0.4, -0.2) is 37.8 Å². The number of rotatable bonds is 7. The van der Waals surface area contributed by atoms with Crippen LogP contribution in [0.15, 0.2) is 0 Å². The van der Waals surface area contributed by atoms with Gasteiger partial charge >= 0.3 is 0 Å². The second-order valence-electron chi connectivity index (χ2n) is 3.57. The van der Waals surface area contributed by atoms with Gasteiger partial charge in [-0.15, -0.1) is 0 Å². The zero-order valence-electron chi connectivity index (χ0n) is 8.55. The number of thioether (sulfide) groups is 1. The van der Waals surface area contributed by atoms with E-state index < -0.39 is 0 Å². The fourth-order valence-electron chi connectivity index (χ4n) is 1.55. The van der Waals surface area contributed by atoms with Crippen molar-refractivity contribution in [2.75, 3.05) is 31.8 Å². The SMILES string of the molecule is COCCCCCNC1CCSC1. The van der Waals surface area contributed by atoms with E-state index in [1.165, 1.54) is 43.7 Å². The van der Waals surface area contributed by atoms with Crippen molar-refractivity contribution >= 4 is 11.8 Å². The molecule has 0 radical (unpaired) electrons. The average molecular weight is 203 g/mol. The van der Waals surface area contributed by atoms with E-state index in [2.05, 4.69) is 17.1 Å². The molecule has 0 aromatic carbocycles. The molecule has 0 amide bonds. The van der Waals surface area contributed by atoms with Gasteiger partial charge in [-0.2, -0.15) is 11.8 Å². The third-order valence-corrected chi connectivity index (χ3v) is 3.55. The highest BCUT2D eigenvalue weighted by Gasteiger charge is 2.13. The lowest BCUT2D eigenvalue weighted by Crippen LogP contribution is -2.29. The zero-order chi connectivity index (χ0) is 9.36. The highest BCUT2D eigenvalue weighted by atomic mass is 32.2. The van der Waals surface area contributed by atoms with Crippen LogP contribution in [0.5, 0.6) is 0 Å². The molecule has 1 saturated heterocycles. The molecule has 1 unspecified atom stereocenters. The molecule has 0 aliphatic carbocycles. The van der Waals surface area contributed by atoms with Crippen LogP contribution in [0.3, 0.4) is 0 Å². The second kappa shape index (κ2) is 7.65. The Morgan fingerprint density at radius 1 is 1.38 bits per heavy atom. The lowest BCUT2D eigenvalue weighted by atomic mass is 10.2. The average Bonchev–Trinajstić information content (AvgIpc) is 2.63. The Bertz CT molecular complexity index is 115. The molecule has 0 aromatic rings. The van der Waals surface area contributed by atoms with Crippen molar-refractivity contribution in [1.82, 2.24) is 5.32 Å². The van der Waals surface area contributed by atoms with Crippen molar-refractivity contribution in [3.63, 3.8) is 0 Å². The maximum Gasteiger partial charge on any atom is 0.0462 e. The summed E-state index contributed by atoms with van der Waals surface area (Å²) in [6.07, 6.45) is 5.16. The first-order chi connectivity index (χ1) is 6.43. The third kappa shape index (κ3) is 5.55. The highest BCUT2D eigenvalue weighted by Crippen LogP contribution is 2.16. The quantitative estimate of drug-likeness (QED) is 0.639. The predicted octanol–water partition coefficient (Wildman–Crippen LogP) is 1.90. The van der Waals surface area contributed by atoms with E-state index in [1.807, 2.05) is 0 Å². The number of ether oxygens (including phenoxy) is 1. The summed E-state index contributed by atoms with van der Waals surface area (Å²) in [6, 6.07) is 0.799. The van der Waals surface area contributed by atoms with Gasteiger partial charge in [0.05, 0.1) is 0 Å². The smallest absolute Gasteiger partial charge is 0.0462 e. The Morgan fingerprint density at radius 2 is 2.31 bits per heavy atom. The first-order valence-electron chi connectivity index (χ1n) is 5.23. The summed E-state index contributed by atoms with van der Waals surface area (Å²) >= 11 is 2.07. The van der Waals surface area contributed by atoms with Crippen molar-refractivity contribution in [3.8, 4) is 0 Å². The molecule has 1 fully saturated rings. The van der Waals surface area contributed by atoms with Gasteiger partial charge in [0.1, 0.15) is 0 Å². The Kier molecular flexibility index (Phi) is 6.68. The van der Waals surface area contributed by atoms with Gasteiger partial charge in [0.15, 0.2) is 0 Å². The van der Waals surface area contributed by atoms with Crippen LogP contribution >= 0.6 is 11.8 Å². The lowest BCUT2D eigenvalue weighted by molar-refractivity contribution is 0.192. The van der Waals surface area contributed by atoms with Crippen LogP contribution in [-0.2, 0) is 4.74 Å². The molecule has 3 heteroatoms. The molecule has 0 saturated carbocycles. The molecular weight excluding hydrogens is 182 g/mol. The minimum Gasteiger partial charge on any atom is -0.385 e. The Labute approximate surface area is 85.8 Å². The highest BCUT2D eigenvalue weighted by molar-refractivity contribution is 7.99. The summed E-state index contributed by atoms with van der Waals surface area (Å²) in [5, 5.41) is 3.60. The van der Waals surface area contributed by atoms with Crippen LogP contribution in [0.1, 0.15) is 25.7 Å². The van der Waals surface area contributed by atoms with E-state index in [9.17, 15) is 0 Å². The van der Waals surface area contributed by atoms with E-state index in [4.69, 9.17) is 4.74 Å². The molecule has 0 aromatic heterocycles. The number of hydrogen-bond acceptors (Lipinski definition) is 3. The van der Waals surface area contributed by atoms with Gasteiger partial charge in [-0.25, -0.2) is 0 Å². The minimum absolute atomic E-state index is 0.799. The molecule has 0 bridgehead atoms. The summed E-state index contributed by atoms with van der Waals surface area (Å²) in [5.41, 5.74) is 0. The summed E-state index contributed by atoms with van der Waals surface area (Å²) in [7, 11) is 1.77. The Balaban J connectivity index is 1.78. The van der Waals surface area contributed by atoms with E-state index in [1.54, 1.807) is 7.11 Å². The van der Waals surface area contributed by atoms with Gasteiger partial charge in [0.25, 0.3) is 0 Å². The topological polar surface area (TPSA) is 21.3 Å². The van der Waals surface area contributed by atoms with E-state index in [-0.39, 0.29) is 0 Å². The van der Waals surface area contributed by atoms with Gasteiger partial charge < -0.3 is 10.1 Å². The third-order valence-electron chi connectivity index (χ3n) is 2.39. The van der Waals surface area contributed by atoms with Crippen molar-refractivity contribution in [2.24, 2.45) is 0 Å². The predicted molar refractivity (Wildman–Crippen MR) is 59.5 cm³/mol. The number of unbranched alkanes of at least 4 members (excludes halogenated alkanes) is 2. The van der Waals surface area contributed by atoms with E-state index >= 15 is 0 Å². The molecule has 0 spiro atoms. The van der Waals surface area contributed by atoms with Gasteiger partial charge in [0, 0.05) is 25.5 Å². The Hall–Kier alpha value is 0.270. The number of hydrogen-bond donors (Lipinski definition) is 1. The molecular formula is C10H21NOS. The molecule has 1 aliphatic heterocycles. The molecule has 1 atom stereocenters. The molecule has 1 N–H and O–H groups in total. The van der Waals surface area contributed by atoms with Crippen LogP contribution in [0.2, 0.25) is 0 Å². The first kappa shape index (κ1) is 11.3. The maximum atomic E-state index is 5.00. The van der Waals surface area contributed by atoms with Gasteiger partial charge in [-0.05, 0) is 38.0 Å². The van der Waals surface area contributed by atoms with Crippen LogP contribution < -0.4 is 5.32 Å². The molecule has 1 heterocycles. The van der Waals surface area contributed by atoms with Crippen molar-refractivity contribution < 1.29 is 4.74 Å². The molecule has 78 valence electrons. The van der Waals surface area contributed by atoms with Crippen molar-refractivity contribution in [3.05, 3.63) is 0 Å². The number of methoxy groups -OCH3 is 1. The normalized spacial score (nSPS) is 22.4. The van der Waals surface area contributed by atoms with Crippen molar-refractivity contribution in [1.29, 1.82) is 0 Å². The molecule has 13 heavy (non-hydrogen) atoms. The van der Waals surface area contributed by atoms with E-state index in [0.717, 1.165) is 12.6 Å². The number of nitrogens with one attached hydrogen (secondary N) is 1. The molecule has 1 aliphatic rings. The first-order valence-corrected chi connectivity index (χ1v) is 6.39. The second-order valence-corrected chi connectivity index (χ2v) is 4.72. The van der Waals surface area contributed by atoms with Gasteiger partial charge in [0.2, 0.25) is 0 Å². The fraction of sp³-hybridized carbons (Fsp3) is 1.00. The standard InChI is InChI=1S/C10H21NOS/c1-12-7-4-2-3-6-11-10-5-8-13-9-10/h10-11H,2-9H2,1H3.